The summed E-state index contributed by atoms with van der Waals surface area (Å²) in [5.74, 6) is 0.500. The predicted octanol–water partition coefficient (Wildman–Crippen LogP) is 2.01. The highest BCUT2D eigenvalue weighted by Gasteiger charge is 2.03. The zero-order valence-corrected chi connectivity index (χ0v) is 11.2. The topological polar surface area (TPSA) is 83.8 Å². The van der Waals surface area contributed by atoms with E-state index in [0.29, 0.717) is 18.8 Å². The van der Waals surface area contributed by atoms with E-state index >= 15 is 0 Å². The van der Waals surface area contributed by atoms with Crippen LogP contribution in [0.5, 0.6) is 0 Å². The quantitative estimate of drug-likeness (QED) is 0.588. The second-order valence-electron chi connectivity index (χ2n) is 4.56. The van der Waals surface area contributed by atoms with Gasteiger partial charge in [0.1, 0.15) is 0 Å². The summed E-state index contributed by atoms with van der Waals surface area (Å²) >= 11 is 0. The molecule has 0 aromatic carbocycles. The smallest absolute Gasteiger partial charge is 0.220 e. The largest absolute Gasteiger partial charge is 0.369 e. The van der Waals surface area contributed by atoms with Crippen molar-refractivity contribution < 1.29 is 4.79 Å². The van der Waals surface area contributed by atoms with Crippen LogP contribution in [-0.2, 0) is 11.2 Å². The molecular weight excluding hydrogens is 228 g/mol. The molecule has 0 aliphatic carbocycles. The van der Waals surface area contributed by atoms with Crippen molar-refractivity contribution in [2.24, 2.45) is 0 Å². The van der Waals surface area contributed by atoms with Gasteiger partial charge in [-0.25, -0.2) is 4.98 Å². The Morgan fingerprint density at radius 3 is 2.83 bits per heavy atom. The fourth-order valence-electron chi connectivity index (χ4n) is 1.80. The molecule has 1 amide bonds. The molecule has 1 aromatic rings. The first kappa shape index (κ1) is 14.5. The Kier molecular flexibility index (Phi) is 6.91. The van der Waals surface area contributed by atoms with Crippen LogP contribution in [0, 0.1) is 0 Å². The fourth-order valence-corrected chi connectivity index (χ4v) is 1.80. The van der Waals surface area contributed by atoms with E-state index in [1.165, 1.54) is 25.7 Å². The number of nitrogens with one attached hydrogen (secondary N) is 2. The summed E-state index contributed by atoms with van der Waals surface area (Å²) in [5, 5.41) is 2.93. The number of amides is 1. The molecule has 1 heterocycles. The summed E-state index contributed by atoms with van der Waals surface area (Å²) in [7, 11) is 0. The molecule has 5 heteroatoms. The highest BCUT2D eigenvalue weighted by atomic mass is 16.1. The number of imidazole rings is 1. The van der Waals surface area contributed by atoms with E-state index < -0.39 is 0 Å². The molecule has 0 saturated carbocycles. The number of nitrogens with two attached hydrogens (primary N) is 1. The molecule has 0 aliphatic heterocycles. The van der Waals surface area contributed by atoms with E-state index in [1.807, 2.05) is 0 Å². The van der Waals surface area contributed by atoms with E-state index in [0.717, 1.165) is 18.7 Å². The van der Waals surface area contributed by atoms with Gasteiger partial charge in [0.15, 0.2) is 5.95 Å². The highest BCUT2D eigenvalue weighted by Crippen LogP contribution is 2.03. The molecule has 0 fully saturated rings. The van der Waals surface area contributed by atoms with Crippen LogP contribution in [0.2, 0.25) is 0 Å². The molecule has 5 nitrogen and oxygen atoms in total. The molecule has 0 bridgehead atoms. The minimum absolute atomic E-state index is 0.0960. The van der Waals surface area contributed by atoms with Crippen LogP contribution in [0.1, 0.15) is 51.1 Å². The van der Waals surface area contributed by atoms with Crippen LogP contribution < -0.4 is 11.1 Å². The number of rotatable bonds is 9. The summed E-state index contributed by atoms with van der Waals surface area (Å²) in [6.45, 7) is 2.98. The van der Waals surface area contributed by atoms with Gasteiger partial charge in [-0.15, -0.1) is 0 Å². The van der Waals surface area contributed by atoms with E-state index in [9.17, 15) is 4.79 Å². The molecule has 18 heavy (non-hydrogen) atoms. The molecule has 0 aliphatic rings. The SMILES string of the molecule is CCCCCCCNC(=O)CCc1cnc(N)[nH]1. The van der Waals surface area contributed by atoms with Gasteiger partial charge in [0, 0.05) is 18.7 Å². The van der Waals surface area contributed by atoms with Gasteiger partial charge >= 0.3 is 0 Å². The number of carbonyl (C=O) groups excluding carboxylic acids is 1. The standard InChI is InChI=1S/C13H24N4O/c1-2-3-4-5-6-9-15-12(18)8-7-11-10-16-13(14)17-11/h10H,2-9H2,1H3,(H,15,18)(H3,14,16,17). The molecule has 0 unspecified atom stereocenters. The monoisotopic (exact) mass is 252 g/mol. The molecule has 0 saturated heterocycles. The molecule has 0 spiro atoms. The maximum absolute atomic E-state index is 11.5. The van der Waals surface area contributed by atoms with Gasteiger partial charge in [0.25, 0.3) is 0 Å². The Morgan fingerprint density at radius 1 is 1.39 bits per heavy atom. The van der Waals surface area contributed by atoms with E-state index in [1.54, 1.807) is 6.20 Å². The lowest BCUT2D eigenvalue weighted by Crippen LogP contribution is -2.24. The molecular formula is C13H24N4O. The number of unbranched alkanes of at least 4 members (excludes halogenated alkanes) is 4. The number of H-pyrrole nitrogens is 1. The van der Waals surface area contributed by atoms with Gasteiger partial charge in [0.2, 0.25) is 5.91 Å². The third kappa shape index (κ3) is 6.27. The lowest BCUT2D eigenvalue weighted by atomic mass is 10.1. The summed E-state index contributed by atoms with van der Waals surface area (Å²) in [4.78, 5) is 18.3. The van der Waals surface area contributed by atoms with Gasteiger partial charge in [-0.05, 0) is 12.8 Å². The summed E-state index contributed by atoms with van der Waals surface area (Å²) in [5.41, 5.74) is 6.36. The van der Waals surface area contributed by atoms with Crippen LogP contribution in [0.3, 0.4) is 0 Å². The lowest BCUT2D eigenvalue weighted by Gasteiger charge is -2.04. The van der Waals surface area contributed by atoms with Gasteiger partial charge in [0.05, 0.1) is 6.20 Å². The Bertz CT molecular complexity index is 349. The van der Waals surface area contributed by atoms with Crippen molar-refractivity contribution in [2.45, 2.75) is 51.9 Å². The van der Waals surface area contributed by atoms with E-state index in [-0.39, 0.29) is 5.91 Å². The molecule has 0 radical (unpaired) electrons. The fraction of sp³-hybridized carbons (Fsp3) is 0.692. The highest BCUT2D eigenvalue weighted by molar-refractivity contribution is 5.76. The number of anilines is 1. The number of aromatic amines is 1. The average Bonchev–Trinajstić information content (AvgIpc) is 2.77. The van der Waals surface area contributed by atoms with Crippen molar-refractivity contribution in [2.75, 3.05) is 12.3 Å². The van der Waals surface area contributed by atoms with Crippen molar-refractivity contribution in [3.63, 3.8) is 0 Å². The zero-order chi connectivity index (χ0) is 13.2. The first-order chi connectivity index (χ1) is 8.72. The molecule has 1 aromatic heterocycles. The maximum Gasteiger partial charge on any atom is 0.220 e. The number of nitrogen functional groups attached to an aromatic ring is 1. The number of carbonyl (C=O) groups is 1. The van der Waals surface area contributed by atoms with Crippen molar-refractivity contribution in [3.8, 4) is 0 Å². The molecule has 4 N–H and O–H groups in total. The zero-order valence-electron chi connectivity index (χ0n) is 11.2. The van der Waals surface area contributed by atoms with Gasteiger partial charge in [-0.3, -0.25) is 4.79 Å². The minimum Gasteiger partial charge on any atom is -0.369 e. The second-order valence-corrected chi connectivity index (χ2v) is 4.56. The predicted molar refractivity (Wildman–Crippen MR) is 73.1 cm³/mol. The normalized spacial score (nSPS) is 10.5. The number of hydrogen-bond donors (Lipinski definition) is 3. The second kappa shape index (κ2) is 8.55. The lowest BCUT2D eigenvalue weighted by molar-refractivity contribution is -0.121. The maximum atomic E-state index is 11.5. The van der Waals surface area contributed by atoms with Crippen LogP contribution in [0.4, 0.5) is 5.95 Å². The van der Waals surface area contributed by atoms with Crippen LogP contribution >= 0.6 is 0 Å². The van der Waals surface area contributed by atoms with Gasteiger partial charge in [-0.2, -0.15) is 0 Å². The average molecular weight is 252 g/mol. The van der Waals surface area contributed by atoms with Crippen molar-refractivity contribution in [1.29, 1.82) is 0 Å². The first-order valence-corrected chi connectivity index (χ1v) is 6.78. The van der Waals surface area contributed by atoms with Crippen LogP contribution in [0.25, 0.3) is 0 Å². The number of aryl methyl sites for hydroxylation is 1. The van der Waals surface area contributed by atoms with Crippen molar-refractivity contribution >= 4 is 11.9 Å². The molecule has 102 valence electrons. The van der Waals surface area contributed by atoms with Gasteiger partial charge < -0.3 is 16.0 Å². The molecule has 0 atom stereocenters. The van der Waals surface area contributed by atoms with Crippen molar-refractivity contribution in [1.82, 2.24) is 15.3 Å². The number of hydrogen-bond acceptors (Lipinski definition) is 3. The minimum atomic E-state index is 0.0960. The number of nitrogens with zero attached hydrogens (tertiary/aromatic N) is 1. The summed E-state index contributed by atoms with van der Waals surface area (Å²) in [6, 6.07) is 0. The Hall–Kier alpha value is -1.52. The summed E-state index contributed by atoms with van der Waals surface area (Å²) in [6.07, 6.45) is 8.89. The third-order valence-corrected chi connectivity index (χ3v) is 2.87. The molecule has 1 rings (SSSR count). The van der Waals surface area contributed by atoms with Gasteiger partial charge in [-0.1, -0.05) is 32.6 Å². The van der Waals surface area contributed by atoms with Crippen molar-refractivity contribution in [3.05, 3.63) is 11.9 Å². The van der Waals surface area contributed by atoms with Crippen LogP contribution in [-0.4, -0.2) is 22.4 Å². The first-order valence-electron chi connectivity index (χ1n) is 6.78. The Morgan fingerprint density at radius 2 is 2.17 bits per heavy atom. The number of aromatic nitrogens is 2. The van der Waals surface area contributed by atoms with E-state index in [4.69, 9.17) is 5.73 Å². The van der Waals surface area contributed by atoms with E-state index in [2.05, 4.69) is 22.2 Å². The Labute approximate surface area is 109 Å². The summed E-state index contributed by atoms with van der Waals surface area (Å²) < 4.78 is 0. The third-order valence-electron chi connectivity index (χ3n) is 2.87. The Balaban J connectivity index is 2.00. The van der Waals surface area contributed by atoms with Crippen LogP contribution in [0.15, 0.2) is 6.20 Å².